The van der Waals surface area contributed by atoms with Crippen molar-refractivity contribution >= 4 is 23.5 Å². The van der Waals surface area contributed by atoms with Crippen molar-refractivity contribution in [2.75, 3.05) is 19.0 Å². The third-order valence-corrected chi connectivity index (χ3v) is 6.03. The Hall–Kier alpha value is -4.28. The Kier molecular flexibility index (Phi) is 5.23. The van der Waals surface area contributed by atoms with Gasteiger partial charge < -0.3 is 15.4 Å². The molecule has 0 radical (unpaired) electrons. The minimum Gasteiger partial charge on any atom is -0.497 e. The molecule has 1 atom stereocenters. The van der Waals surface area contributed by atoms with Crippen molar-refractivity contribution in [3.05, 3.63) is 54.1 Å². The number of carbonyl (C=O) groups is 3. The van der Waals surface area contributed by atoms with Gasteiger partial charge in [0.1, 0.15) is 17.8 Å². The van der Waals surface area contributed by atoms with Crippen molar-refractivity contribution in [2.45, 2.75) is 31.3 Å². The van der Waals surface area contributed by atoms with E-state index in [-0.39, 0.29) is 0 Å². The molecule has 34 heavy (non-hydrogen) atoms. The molecule has 2 heterocycles. The monoisotopic (exact) mass is 461 g/mol. The molecule has 2 N–H and O–H groups in total. The molecule has 2 aliphatic rings. The van der Waals surface area contributed by atoms with Gasteiger partial charge in [-0.05, 0) is 60.0 Å². The second kappa shape index (κ2) is 8.25. The molecular formula is C23H23N7O4. The molecule has 4 amide bonds. The molecule has 1 aliphatic heterocycles. The first-order valence-corrected chi connectivity index (χ1v) is 10.9. The van der Waals surface area contributed by atoms with Gasteiger partial charge in [0.05, 0.1) is 13.2 Å². The van der Waals surface area contributed by atoms with E-state index in [1.165, 1.54) is 0 Å². The Morgan fingerprint density at radius 2 is 1.97 bits per heavy atom. The number of benzene rings is 2. The lowest BCUT2D eigenvalue weighted by atomic mass is 9.92. The maximum absolute atomic E-state index is 13.1. The van der Waals surface area contributed by atoms with E-state index in [0.717, 1.165) is 23.3 Å². The van der Waals surface area contributed by atoms with E-state index < -0.39 is 29.9 Å². The molecule has 3 aromatic rings. The Morgan fingerprint density at radius 3 is 2.68 bits per heavy atom. The van der Waals surface area contributed by atoms with Crippen molar-refractivity contribution in [1.82, 2.24) is 30.4 Å². The van der Waals surface area contributed by atoms with Gasteiger partial charge in [-0.1, -0.05) is 24.3 Å². The Labute approximate surface area is 195 Å². The highest BCUT2D eigenvalue weighted by Crippen LogP contribution is 2.37. The first-order valence-electron chi connectivity index (χ1n) is 10.9. The number of aromatic nitrogens is 4. The molecule has 0 bridgehead atoms. The number of hydrogen-bond acceptors (Lipinski definition) is 7. The molecular weight excluding hydrogens is 438 g/mol. The smallest absolute Gasteiger partial charge is 0.325 e. The quantitative estimate of drug-likeness (QED) is 0.515. The summed E-state index contributed by atoms with van der Waals surface area (Å²) in [5.74, 6) is 0.258. The van der Waals surface area contributed by atoms with Crippen LogP contribution in [0.3, 0.4) is 0 Å². The largest absolute Gasteiger partial charge is 0.497 e. The van der Waals surface area contributed by atoms with Crippen molar-refractivity contribution in [2.24, 2.45) is 0 Å². The SMILES string of the molecule is COc1ccc(C2(C)NC(=O)N(CC(=O)Nc3cccc(-c4nnnn4C4CC4)c3)C2=O)cc1. The predicted octanol–water partition coefficient (Wildman–Crippen LogP) is 2.09. The molecule has 2 aromatic carbocycles. The van der Waals surface area contributed by atoms with Gasteiger partial charge in [0, 0.05) is 11.3 Å². The summed E-state index contributed by atoms with van der Waals surface area (Å²) < 4.78 is 6.93. The zero-order valence-corrected chi connectivity index (χ0v) is 18.7. The molecule has 1 aromatic heterocycles. The first-order chi connectivity index (χ1) is 16.4. The van der Waals surface area contributed by atoms with Crippen molar-refractivity contribution in [3.63, 3.8) is 0 Å². The zero-order valence-electron chi connectivity index (χ0n) is 18.7. The van der Waals surface area contributed by atoms with Crippen LogP contribution in [0.15, 0.2) is 48.5 Å². The average molecular weight is 461 g/mol. The topological polar surface area (TPSA) is 131 Å². The van der Waals surface area contributed by atoms with E-state index in [4.69, 9.17) is 4.74 Å². The van der Waals surface area contributed by atoms with Crippen LogP contribution in [-0.4, -0.2) is 56.6 Å². The van der Waals surface area contributed by atoms with Crippen LogP contribution in [-0.2, 0) is 15.1 Å². The standard InChI is InChI=1S/C23H23N7O4/c1-23(15-6-10-18(34-2)11-7-15)21(32)29(22(33)25-23)13-19(31)24-16-5-3-4-14(12-16)20-26-27-28-30(20)17-8-9-17/h3-7,10-12,17H,8-9,13H2,1-2H3,(H,24,31)(H,25,33). The molecule has 1 saturated carbocycles. The summed E-state index contributed by atoms with van der Waals surface area (Å²) >= 11 is 0. The number of carbonyl (C=O) groups excluding carboxylic acids is 3. The maximum atomic E-state index is 13.1. The third-order valence-electron chi connectivity index (χ3n) is 6.03. The van der Waals surface area contributed by atoms with Gasteiger partial charge in [0.15, 0.2) is 5.82 Å². The van der Waals surface area contributed by atoms with E-state index in [0.29, 0.717) is 28.9 Å². The highest BCUT2D eigenvalue weighted by molar-refractivity contribution is 6.10. The van der Waals surface area contributed by atoms with Gasteiger partial charge in [-0.25, -0.2) is 9.48 Å². The summed E-state index contributed by atoms with van der Waals surface area (Å²) in [5, 5.41) is 17.4. The number of urea groups is 1. The molecule has 1 saturated heterocycles. The van der Waals surface area contributed by atoms with Gasteiger partial charge in [0.2, 0.25) is 5.91 Å². The second-order valence-electron chi connectivity index (χ2n) is 8.48. The number of methoxy groups -OCH3 is 1. The molecule has 11 nitrogen and oxygen atoms in total. The number of rotatable bonds is 7. The van der Waals surface area contributed by atoms with E-state index >= 15 is 0 Å². The summed E-state index contributed by atoms with van der Waals surface area (Å²) in [4.78, 5) is 39.3. The first kappa shape index (κ1) is 21.6. The number of ether oxygens (including phenoxy) is 1. The van der Waals surface area contributed by atoms with Gasteiger partial charge in [0.25, 0.3) is 5.91 Å². The Morgan fingerprint density at radius 1 is 1.21 bits per heavy atom. The van der Waals surface area contributed by atoms with E-state index in [1.54, 1.807) is 61.2 Å². The lowest BCUT2D eigenvalue weighted by Gasteiger charge is -2.22. The fraction of sp³-hybridized carbons (Fsp3) is 0.304. The molecule has 2 fully saturated rings. The lowest BCUT2D eigenvalue weighted by molar-refractivity contribution is -0.133. The number of tetrazole rings is 1. The van der Waals surface area contributed by atoms with Crippen LogP contribution in [0.1, 0.15) is 31.4 Å². The van der Waals surface area contributed by atoms with Crippen LogP contribution in [0.25, 0.3) is 11.4 Å². The van der Waals surface area contributed by atoms with Gasteiger partial charge in [-0.3, -0.25) is 14.5 Å². The Balaban J connectivity index is 1.28. The number of hydrogen-bond donors (Lipinski definition) is 2. The van der Waals surface area contributed by atoms with Gasteiger partial charge >= 0.3 is 6.03 Å². The van der Waals surface area contributed by atoms with E-state index in [1.807, 2.05) is 6.07 Å². The van der Waals surface area contributed by atoms with E-state index in [2.05, 4.69) is 26.2 Å². The molecule has 0 spiro atoms. The van der Waals surface area contributed by atoms with Gasteiger partial charge in [-0.2, -0.15) is 0 Å². The fourth-order valence-corrected chi connectivity index (χ4v) is 3.99. The summed E-state index contributed by atoms with van der Waals surface area (Å²) in [7, 11) is 1.55. The number of amides is 4. The average Bonchev–Trinajstić information content (AvgIpc) is 3.52. The summed E-state index contributed by atoms with van der Waals surface area (Å²) in [6.07, 6.45) is 2.08. The minimum atomic E-state index is -1.27. The molecule has 1 aliphatic carbocycles. The lowest BCUT2D eigenvalue weighted by Crippen LogP contribution is -2.42. The maximum Gasteiger partial charge on any atom is 0.325 e. The molecule has 5 rings (SSSR count). The number of imide groups is 1. The van der Waals surface area contributed by atoms with Crippen molar-refractivity contribution in [3.8, 4) is 17.1 Å². The van der Waals surface area contributed by atoms with Crippen LogP contribution < -0.4 is 15.4 Å². The van der Waals surface area contributed by atoms with Crippen LogP contribution in [0.2, 0.25) is 0 Å². The van der Waals surface area contributed by atoms with Crippen LogP contribution >= 0.6 is 0 Å². The molecule has 11 heteroatoms. The Bertz CT molecular complexity index is 1270. The highest BCUT2D eigenvalue weighted by atomic mass is 16.5. The third kappa shape index (κ3) is 3.85. The molecule has 1 unspecified atom stereocenters. The van der Waals surface area contributed by atoms with Crippen molar-refractivity contribution < 1.29 is 19.1 Å². The number of nitrogens with zero attached hydrogens (tertiary/aromatic N) is 5. The van der Waals surface area contributed by atoms with Crippen LogP contribution in [0.4, 0.5) is 10.5 Å². The molecule has 174 valence electrons. The summed E-state index contributed by atoms with van der Waals surface area (Å²) in [6, 6.07) is 13.6. The number of anilines is 1. The minimum absolute atomic E-state index is 0.308. The normalized spacial score (nSPS) is 19.8. The summed E-state index contributed by atoms with van der Waals surface area (Å²) in [5.41, 5.74) is 0.592. The zero-order chi connectivity index (χ0) is 23.9. The summed E-state index contributed by atoms with van der Waals surface area (Å²) in [6.45, 7) is 1.20. The van der Waals surface area contributed by atoms with E-state index in [9.17, 15) is 14.4 Å². The van der Waals surface area contributed by atoms with Crippen LogP contribution in [0, 0.1) is 0 Å². The predicted molar refractivity (Wildman–Crippen MR) is 121 cm³/mol. The van der Waals surface area contributed by atoms with Gasteiger partial charge in [-0.15, -0.1) is 5.10 Å². The number of nitrogens with one attached hydrogen (secondary N) is 2. The highest BCUT2D eigenvalue weighted by Gasteiger charge is 2.49. The van der Waals surface area contributed by atoms with Crippen molar-refractivity contribution in [1.29, 1.82) is 0 Å². The van der Waals surface area contributed by atoms with Crippen LogP contribution in [0.5, 0.6) is 5.75 Å². The second-order valence-corrected chi connectivity index (χ2v) is 8.48. The fourth-order valence-electron chi connectivity index (χ4n) is 3.99.